The molecule has 3 aromatic rings. The molecule has 2 aromatic carbocycles. The van der Waals surface area contributed by atoms with Gasteiger partial charge in [0.15, 0.2) is 11.6 Å². The van der Waals surface area contributed by atoms with Crippen molar-refractivity contribution in [1.82, 2.24) is 9.97 Å². The quantitative estimate of drug-likeness (QED) is 0.585. The molecule has 6 nitrogen and oxygen atoms in total. The van der Waals surface area contributed by atoms with Crippen LogP contribution in [0.25, 0.3) is 11.4 Å². The predicted octanol–water partition coefficient (Wildman–Crippen LogP) is 4.88. The van der Waals surface area contributed by atoms with Gasteiger partial charge in [-0.05, 0) is 19.4 Å². The van der Waals surface area contributed by atoms with E-state index in [0.29, 0.717) is 31.4 Å². The van der Waals surface area contributed by atoms with Gasteiger partial charge < -0.3 is 9.64 Å². The van der Waals surface area contributed by atoms with Crippen molar-refractivity contribution in [3.63, 3.8) is 0 Å². The van der Waals surface area contributed by atoms with Gasteiger partial charge in [0.05, 0.1) is 19.8 Å². The van der Waals surface area contributed by atoms with Gasteiger partial charge in [0, 0.05) is 24.2 Å². The minimum Gasteiger partial charge on any atom is -0.378 e. The summed E-state index contributed by atoms with van der Waals surface area (Å²) in [4.78, 5) is 11.8. The van der Waals surface area contributed by atoms with Crippen LogP contribution < -0.4 is 4.90 Å². The molecule has 2 heterocycles. The monoisotopic (exact) mass is 387 g/mol. The highest BCUT2D eigenvalue weighted by molar-refractivity contribution is 5.64. The standard InChI is InChI=1S/C23H25N5O/c1-17-7-6-8-19(15-17)16-24-27-21-18(2)23(28-11-13-29-14-12-28)26-22(25-21)20-9-4-3-5-10-20/h3-10,15H,11-14,16H2,1-2H3. The second-order valence-corrected chi connectivity index (χ2v) is 7.17. The van der Waals surface area contributed by atoms with Gasteiger partial charge in [0.25, 0.3) is 0 Å². The average molecular weight is 387 g/mol. The van der Waals surface area contributed by atoms with Crippen LogP contribution in [0.5, 0.6) is 0 Å². The summed E-state index contributed by atoms with van der Waals surface area (Å²) < 4.78 is 5.50. The Bertz CT molecular complexity index is 997. The molecule has 1 aliphatic heterocycles. The van der Waals surface area contributed by atoms with Crippen LogP contribution >= 0.6 is 0 Å². The normalized spacial score (nSPS) is 14.5. The highest BCUT2D eigenvalue weighted by Gasteiger charge is 2.19. The lowest BCUT2D eigenvalue weighted by Crippen LogP contribution is -2.37. The van der Waals surface area contributed by atoms with E-state index < -0.39 is 0 Å². The maximum atomic E-state index is 5.50. The Balaban J connectivity index is 1.68. The number of nitrogens with zero attached hydrogens (tertiary/aromatic N) is 5. The zero-order chi connectivity index (χ0) is 20.1. The summed E-state index contributed by atoms with van der Waals surface area (Å²) >= 11 is 0. The number of aryl methyl sites for hydroxylation is 1. The van der Waals surface area contributed by atoms with E-state index in [9.17, 15) is 0 Å². The fraction of sp³-hybridized carbons (Fsp3) is 0.304. The first kappa shape index (κ1) is 19.2. The van der Waals surface area contributed by atoms with E-state index in [4.69, 9.17) is 14.7 Å². The molecule has 0 atom stereocenters. The van der Waals surface area contributed by atoms with Gasteiger partial charge >= 0.3 is 0 Å². The van der Waals surface area contributed by atoms with Gasteiger partial charge in [-0.2, -0.15) is 5.11 Å². The number of benzene rings is 2. The largest absolute Gasteiger partial charge is 0.378 e. The summed E-state index contributed by atoms with van der Waals surface area (Å²) in [6.45, 7) is 7.65. The third-order valence-electron chi connectivity index (χ3n) is 4.94. The molecule has 1 aromatic heterocycles. The lowest BCUT2D eigenvalue weighted by molar-refractivity contribution is 0.122. The summed E-state index contributed by atoms with van der Waals surface area (Å²) in [6.07, 6.45) is 0. The predicted molar refractivity (Wildman–Crippen MR) is 115 cm³/mol. The van der Waals surface area contributed by atoms with Crippen molar-refractivity contribution in [3.05, 3.63) is 71.3 Å². The molecule has 1 aliphatic rings. The van der Waals surface area contributed by atoms with Crippen molar-refractivity contribution >= 4 is 11.6 Å². The SMILES string of the molecule is Cc1cccc(CN=Nc2nc(-c3ccccc3)nc(N3CCOCC3)c2C)c1. The molecule has 4 rings (SSSR count). The van der Waals surface area contributed by atoms with E-state index >= 15 is 0 Å². The van der Waals surface area contributed by atoms with E-state index in [1.54, 1.807) is 0 Å². The van der Waals surface area contributed by atoms with Crippen molar-refractivity contribution in [2.75, 3.05) is 31.2 Å². The maximum absolute atomic E-state index is 5.50. The second kappa shape index (κ2) is 8.92. The minimum absolute atomic E-state index is 0.526. The Labute approximate surface area is 171 Å². The number of morpholine rings is 1. The molecule has 0 unspecified atom stereocenters. The fourth-order valence-corrected chi connectivity index (χ4v) is 3.38. The fourth-order valence-electron chi connectivity index (χ4n) is 3.38. The van der Waals surface area contributed by atoms with Crippen LogP contribution in [-0.4, -0.2) is 36.3 Å². The third-order valence-corrected chi connectivity index (χ3v) is 4.94. The average Bonchev–Trinajstić information content (AvgIpc) is 2.76. The zero-order valence-corrected chi connectivity index (χ0v) is 16.9. The molecule has 1 saturated heterocycles. The Kier molecular flexibility index (Phi) is 5.91. The number of ether oxygens (including phenoxy) is 1. The van der Waals surface area contributed by atoms with E-state index in [2.05, 4.69) is 40.3 Å². The van der Waals surface area contributed by atoms with Crippen molar-refractivity contribution in [1.29, 1.82) is 0 Å². The van der Waals surface area contributed by atoms with Crippen molar-refractivity contribution in [2.24, 2.45) is 10.2 Å². The lowest BCUT2D eigenvalue weighted by Gasteiger charge is -2.29. The first-order chi connectivity index (χ1) is 14.2. The molecular formula is C23H25N5O. The third kappa shape index (κ3) is 4.66. The molecular weight excluding hydrogens is 362 g/mol. The van der Waals surface area contributed by atoms with Gasteiger partial charge in [-0.25, -0.2) is 9.97 Å². The van der Waals surface area contributed by atoms with Crippen LogP contribution in [0.1, 0.15) is 16.7 Å². The minimum atomic E-state index is 0.526. The van der Waals surface area contributed by atoms with E-state index in [1.807, 2.05) is 43.3 Å². The highest BCUT2D eigenvalue weighted by atomic mass is 16.5. The number of hydrogen-bond donors (Lipinski definition) is 0. The van der Waals surface area contributed by atoms with Crippen molar-refractivity contribution in [3.8, 4) is 11.4 Å². The molecule has 0 bridgehead atoms. The number of hydrogen-bond acceptors (Lipinski definition) is 6. The molecule has 0 N–H and O–H groups in total. The van der Waals surface area contributed by atoms with Crippen LogP contribution in [0.15, 0.2) is 64.8 Å². The number of azo groups is 1. The van der Waals surface area contributed by atoms with Gasteiger partial charge in [0.1, 0.15) is 5.82 Å². The summed E-state index contributed by atoms with van der Waals surface area (Å²) in [5.41, 5.74) is 4.27. The molecule has 0 radical (unpaired) electrons. The van der Waals surface area contributed by atoms with E-state index in [1.165, 1.54) is 5.56 Å². The Morgan fingerprint density at radius 2 is 1.76 bits per heavy atom. The first-order valence-corrected chi connectivity index (χ1v) is 9.90. The van der Waals surface area contributed by atoms with Gasteiger partial charge in [-0.3, -0.25) is 0 Å². The Hall–Kier alpha value is -3.12. The van der Waals surface area contributed by atoms with Gasteiger partial charge in [-0.15, -0.1) is 5.11 Å². The number of aromatic nitrogens is 2. The summed E-state index contributed by atoms with van der Waals surface area (Å²) in [5, 5.41) is 8.91. The molecule has 6 heteroatoms. The lowest BCUT2D eigenvalue weighted by atomic mass is 10.1. The molecule has 148 valence electrons. The van der Waals surface area contributed by atoms with E-state index in [0.717, 1.165) is 35.6 Å². The second-order valence-electron chi connectivity index (χ2n) is 7.17. The highest BCUT2D eigenvalue weighted by Crippen LogP contribution is 2.30. The number of anilines is 1. The van der Waals surface area contributed by atoms with Crippen molar-refractivity contribution < 1.29 is 4.74 Å². The smallest absolute Gasteiger partial charge is 0.182 e. The summed E-state index contributed by atoms with van der Waals surface area (Å²) in [5.74, 6) is 2.20. The molecule has 0 aliphatic carbocycles. The molecule has 0 spiro atoms. The summed E-state index contributed by atoms with van der Waals surface area (Å²) in [7, 11) is 0. The molecule has 0 amide bonds. The van der Waals surface area contributed by atoms with Crippen LogP contribution in [-0.2, 0) is 11.3 Å². The molecule has 29 heavy (non-hydrogen) atoms. The van der Waals surface area contributed by atoms with Crippen LogP contribution in [0.4, 0.5) is 11.6 Å². The van der Waals surface area contributed by atoms with Crippen LogP contribution in [0.2, 0.25) is 0 Å². The van der Waals surface area contributed by atoms with E-state index in [-0.39, 0.29) is 0 Å². The molecule has 0 saturated carbocycles. The summed E-state index contributed by atoms with van der Waals surface area (Å²) in [6, 6.07) is 18.3. The first-order valence-electron chi connectivity index (χ1n) is 9.90. The van der Waals surface area contributed by atoms with Gasteiger partial charge in [-0.1, -0.05) is 60.2 Å². The Morgan fingerprint density at radius 3 is 2.52 bits per heavy atom. The zero-order valence-electron chi connectivity index (χ0n) is 16.9. The van der Waals surface area contributed by atoms with Crippen molar-refractivity contribution in [2.45, 2.75) is 20.4 Å². The topological polar surface area (TPSA) is 63.0 Å². The number of rotatable bonds is 5. The Morgan fingerprint density at radius 1 is 0.966 bits per heavy atom. The van der Waals surface area contributed by atoms with Crippen LogP contribution in [0.3, 0.4) is 0 Å². The molecule has 1 fully saturated rings. The van der Waals surface area contributed by atoms with Crippen LogP contribution in [0, 0.1) is 13.8 Å². The maximum Gasteiger partial charge on any atom is 0.182 e. The van der Waals surface area contributed by atoms with Gasteiger partial charge in [0.2, 0.25) is 0 Å².